The van der Waals surface area contributed by atoms with Gasteiger partial charge in [0, 0.05) is 17.6 Å². The van der Waals surface area contributed by atoms with Crippen LogP contribution in [0, 0.1) is 5.92 Å². The number of fused-ring (bicyclic) bond motifs is 3. The average molecular weight is 479 g/mol. The Morgan fingerprint density at radius 3 is 2.41 bits per heavy atom. The molecule has 2 aliphatic carbocycles. The van der Waals surface area contributed by atoms with Crippen LogP contribution in [0.2, 0.25) is 0 Å². The highest BCUT2D eigenvalue weighted by Gasteiger charge is 2.38. The van der Waals surface area contributed by atoms with Crippen molar-refractivity contribution in [1.82, 2.24) is 10.2 Å². The van der Waals surface area contributed by atoms with Crippen LogP contribution in [-0.4, -0.2) is 58.3 Å². The lowest BCUT2D eigenvalue weighted by Crippen LogP contribution is -2.47. The fraction of sp³-hybridized carbons (Fsp3) is 0.346. The first kappa shape index (κ1) is 22.5. The van der Waals surface area contributed by atoms with Gasteiger partial charge in [0.25, 0.3) is 0 Å². The largest absolute Gasteiger partial charge is 0.480 e. The molecule has 5 rings (SSSR count). The van der Waals surface area contributed by atoms with E-state index in [9.17, 15) is 19.5 Å². The van der Waals surface area contributed by atoms with Gasteiger partial charge in [-0.15, -0.1) is 11.8 Å². The molecule has 1 saturated heterocycles. The van der Waals surface area contributed by atoms with Crippen LogP contribution in [0.4, 0.5) is 4.79 Å². The van der Waals surface area contributed by atoms with E-state index in [-0.39, 0.29) is 30.4 Å². The number of nitrogens with zero attached hydrogens (tertiary/aromatic N) is 1. The number of thioether (sulfide) groups is 1. The molecule has 2 N–H and O–H groups in total. The molecule has 3 atom stereocenters. The quantitative estimate of drug-likeness (QED) is 0.634. The molecular formula is C26H26N2O5S. The third-order valence-electron chi connectivity index (χ3n) is 6.77. The number of amides is 2. The van der Waals surface area contributed by atoms with Gasteiger partial charge in [-0.05, 0) is 35.1 Å². The number of hydrogen-bond donors (Lipinski definition) is 2. The maximum atomic E-state index is 13.0. The topological polar surface area (TPSA) is 95.9 Å². The fourth-order valence-corrected chi connectivity index (χ4v) is 6.24. The molecule has 2 aromatic carbocycles. The number of carbonyl (C=O) groups is 3. The van der Waals surface area contributed by atoms with Crippen molar-refractivity contribution < 1.29 is 24.2 Å². The lowest BCUT2D eigenvalue weighted by atomic mass is 9.89. The zero-order valence-electron chi connectivity index (χ0n) is 18.6. The molecule has 8 heteroatoms. The van der Waals surface area contributed by atoms with Gasteiger partial charge in [0.15, 0.2) is 0 Å². The molecule has 0 spiro atoms. The van der Waals surface area contributed by atoms with Crippen LogP contribution in [-0.2, 0) is 14.3 Å². The van der Waals surface area contributed by atoms with Gasteiger partial charge >= 0.3 is 12.1 Å². The number of benzene rings is 2. The Balaban J connectivity index is 1.19. The number of nitrogens with one attached hydrogen (secondary N) is 1. The van der Waals surface area contributed by atoms with Crippen LogP contribution in [0.25, 0.3) is 11.1 Å². The minimum atomic E-state index is -0.974. The van der Waals surface area contributed by atoms with Gasteiger partial charge in [0.2, 0.25) is 5.91 Å². The summed E-state index contributed by atoms with van der Waals surface area (Å²) in [5.41, 5.74) is 4.64. The van der Waals surface area contributed by atoms with Crippen LogP contribution in [0.5, 0.6) is 0 Å². The highest BCUT2D eigenvalue weighted by atomic mass is 32.2. The molecule has 7 nitrogen and oxygen atoms in total. The summed E-state index contributed by atoms with van der Waals surface area (Å²) in [7, 11) is 0. The second-order valence-electron chi connectivity index (χ2n) is 8.83. The molecule has 3 aliphatic rings. The molecule has 0 radical (unpaired) electrons. The van der Waals surface area contributed by atoms with Gasteiger partial charge in [0.1, 0.15) is 12.6 Å². The number of alkyl carbamates (subject to hydrolysis) is 1. The summed E-state index contributed by atoms with van der Waals surface area (Å²) < 4.78 is 5.63. The Morgan fingerprint density at radius 2 is 1.74 bits per heavy atom. The number of carboxylic acid groups (broad SMARTS) is 1. The second-order valence-corrected chi connectivity index (χ2v) is 9.83. The Bertz CT molecular complexity index is 1100. The summed E-state index contributed by atoms with van der Waals surface area (Å²) in [6.07, 6.45) is 4.19. The first-order valence-corrected chi connectivity index (χ1v) is 12.6. The Kier molecular flexibility index (Phi) is 6.32. The number of carboxylic acids is 1. The minimum absolute atomic E-state index is 0.0185. The van der Waals surface area contributed by atoms with Gasteiger partial charge in [-0.1, -0.05) is 60.7 Å². The van der Waals surface area contributed by atoms with E-state index < -0.39 is 18.1 Å². The number of aliphatic carboxylic acids is 1. The first-order chi connectivity index (χ1) is 16.5. The molecule has 1 fully saturated rings. The minimum Gasteiger partial charge on any atom is -0.480 e. The Hall–Kier alpha value is -3.26. The van der Waals surface area contributed by atoms with Crippen LogP contribution in [0.1, 0.15) is 29.9 Å². The van der Waals surface area contributed by atoms with E-state index in [1.165, 1.54) is 27.8 Å². The number of allylic oxidation sites excluding steroid dienone is 1. The highest BCUT2D eigenvalue weighted by molar-refractivity contribution is 7.99. The average Bonchev–Trinajstić information content (AvgIpc) is 3.46. The smallest absolute Gasteiger partial charge is 0.407 e. The van der Waals surface area contributed by atoms with Crippen molar-refractivity contribution in [3.05, 3.63) is 71.8 Å². The second kappa shape index (κ2) is 9.54. The summed E-state index contributed by atoms with van der Waals surface area (Å²) in [6.45, 7) is 0.226. The Morgan fingerprint density at radius 1 is 1.06 bits per heavy atom. The first-order valence-electron chi connectivity index (χ1n) is 11.4. The molecule has 0 bridgehead atoms. The lowest BCUT2D eigenvalue weighted by Gasteiger charge is -2.29. The van der Waals surface area contributed by atoms with Crippen LogP contribution >= 0.6 is 11.8 Å². The van der Waals surface area contributed by atoms with Crippen LogP contribution < -0.4 is 5.32 Å². The maximum absolute atomic E-state index is 13.0. The highest BCUT2D eigenvalue weighted by Crippen LogP contribution is 2.44. The van der Waals surface area contributed by atoms with Crippen molar-refractivity contribution in [2.75, 3.05) is 18.2 Å². The molecule has 0 unspecified atom stereocenters. The molecule has 2 aromatic rings. The molecule has 0 aromatic heterocycles. The molecule has 34 heavy (non-hydrogen) atoms. The van der Waals surface area contributed by atoms with E-state index in [0.717, 1.165) is 11.1 Å². The van der Waals surface area contributed by atoms with E-state index in [0.29, 0.717) is 24.5 Å². The standard InChI is InChI=1S/C26H26N2O5S/c29-24(28-15-34-14-23(28)25(30)31)16-6-5-7-17(12-16)27-26(32)33-13-22-20-10-3-1-8-18(20)19-9-2-4-11-21(19)22/h1-5,7-11,16-17,22-23H,6,12-15H2,(H,27,32)(H,30,31)/t16-,17-,23+/m1/s1. The predicted octanol–water partition coefficient (Wildman–Crippen LogP) is 3.85. The van der Waals surface area contributed by atoms with Gasteiger partial charge in [-0.2, -0.15) is 0 Å². The summed E-state index contributed by atoms with van der Waals surface area (Å²) in [6, 6.07) is 15.2. The Labute approximate surface area is 202 Å². The summed E-state index contributed by atoms with van der Waals surface area (Å²) in [4.78, 5) is 38.5. The normalized spacial score (nSPS) is 23.3. The van der Waals surface area contributed by atoms with E-state index in [4.69, 9.17) is 4.74 Å². The van der Waals surface area contributed by atoms with Gasteiger partial charge in [-0.3, -0.25) is 4.79 Å². The summed E-state index contributed by atoms with van der Waals surface area (Å²) >= 11 is 1.45. The van der Waals surface area contributed by atoms with E-state index >= 15 is 0 Å². The van der Waals surface area contributed by atoms with Gasteiger partial charge in [0.05, 0.1) is 11.9 Å². The van der Waals surface area contributed by atoms with Crippen LogP contribution in [0.15, 0.2) is 60.7 Å². The van der Waals surface area contributed by atoms with Crippen molar-refractivity contribution in [3.63, 3.8) is 0 Å². The third-order valence-corrected chi connectivity index (χ3v) is 7.79. The maximum Gasteiger partial charge on any atom is 0.407 e. The molecule has 2 amide bonds. The van der Waals surface area contributed by atoms with Gasteiger partial charge in [-0.25, -0.2) is 9.59 Å². The van der Waals surface area contributed by atoms with Gasteiger partial charge < -0.3 is 20.1 Å². The van der Waals surface area contributed by atoms with Crippen molar-refractivity contribution >= 4 is 29.7 Å². The van der Waals surface area contributed by atoms with Crippen molar-refractivity contribution in [1.29, 1.82) is 0 Å². The summed E-state index contributed by atoms with van der Waals surface area (Å²) in [5.74, 6) is -0.718. The van der Waals surface area contributed by atoms with E-state index in [2.05, 4.69) is 29.6 Å². The molecular weight excluding hydrogens is 452 g/mol. The summed E-state index contributed by atoms with van der Waals surface area (Å²) in [5, 5.41) is 12.2. The molecule has 0 saturated carbocycles. The zero-order valence-corrected chi connectivity index (χ0v) is 19.4. The molecule has 176 valence electrons. The SMILES string of the molecule is O=C(N[C@@H]1C=CC[C@@H](C(=O)N2CSC[C@H]2C(=O)O)C1)OCC1c2ccccc2-c2ccccc21. The van der Waals surface area contributed by atoms with E-state index in [1.807, 2.05) is 36.4 Å². The number of rotatable bonds is 5. The van der Waals surface area contributed by atoms with Crippen LogP contribution in [0.3, 0.4) is 0 Å². The predicted molar refractivity (Wildman–Crippen MR) is 129 cm³/mol. The number of ether oxygens (including phenoxy) is 1. The van der Waals surface area contributed by atoms with Crippen molar-refractivity contribution in [2.45, 2.75) is 30.8 Å². The third kappa shape index (κ3) is 4.30. The van der Waals surface area contributed by atoms with E-state index in [1.54, 1.807) is 0 Å². The zero-order chi connectivity index (χ0) is 23.7. The number of carbonyl (C=O) groups excluding carboxylic acids is 2. The molecule has 1 heterocycles. The monoisotopic (exact) mass is 478 g/mol. The number of hydrogen-bond acceptors (Lipinski definition) is 5. The molecule has 1 aliphatic heterocycles. The fourth-order valence-electron chi connectivity index (χ4n) is 5.09. The lowest BCUT2D eigenvalue weighted by molar-refractivity contribution is -0.149. The van der Waals surface area contributed by atoms with Crippen molar-refractivity contribution in [3.8, 4) is 11.1 Å². The van der Waals surface area contributed by atoms with Crippen molar-refractivity contribution in [2.24, 2.45) is 5.92 Å².